The van der Waals surface area contributed by atoms with Crippen LogP contribution in [0.3, 0.4) is 0 Å². The lowest BCUT2D eigenvalue weighted by atomic mass is 9.82. The van der Waals surface area contributed by atoms with Crippen molar-refractivity contribution in [1.82, 2.24) is 4.98 Å². The maximum atomic E-state index is 3.65. The first-order chi connectivity index (χ1) is 7.39. The zero-order chi connectivity index (χ0) is 12.4. The molecule has 0 amide bonds. The van der Waals surface area contributed by atoms with E-state index in [1.165, 1.54) is 30.7 Å². The lowest BCUT2D eigenvalue weighted by Crippen LogP contribution is -2.21. The highest BCUT2D eigenvalue weighted by atomic mass is 14.8. The zero-order valence-electron chi connectivity index (χ0n) is 11.8. The summed E-state index contributed by atoms with van der Waals surface area (Å²) >= 11 is 0. The molecule has 0 atom stereocenters. The molecule has 1 aromatic rings. The Bertz CT molecular complexity index is 329. The maximum Gasteiger partial charge on any atom is 0.0209 e. The van der Waals surface area contributed by atoms with Crippen LogP contribution in [0.4, 0.5) is 0 Å². The molecule has 0 aliphatic heterocycles. The van der Waals surface area contributed by atoms with Gasteiger partial charge in [0.1, 0.15) is 0 Å². The van der Waals surface area contributed by atoms with Gasteiger partial charge in [-0.25, -0.2) is 0 Å². The van der Waals surface area contributed by atoms with Crippen LogP contribution in [0.15, 0.2) is 12.1 Å². The van der Waals surface area contributed by atoms with Gasteiger partial charge in [0, 0.05) is 22.2 Å². The van der Waals surface area contributed by atoms with Crippen molar-refractivity contribution in [2.45, 2.75) is 71.6 Å². The zero-order valence-corrected chi connectivity index (χ0v) is 11.8. The molecular weight excluding hydrogens is 194 g/mol. The standard InChI is InChI=1S/C15H27N/c1-7-14(4,5)12-10-11-13(16-12)15(6,8-2)9-3/h10-11,16H,7-9H2,1-6H3. The molecule has 0 fully saturated rings. The van der Waals surface area contributed by atoms with Crippen molar-refractivity contribution < 1.29 is 0 Å². The molecule has 0 aromatic carbocycles. The van der Waals surface area contributed by atoms with E-state index >= 15 is 0 Å². The van der Waals surface area contributed by atoms with Gasteiger partial charge in [0.05, 0.1) is 0 Å². The number of rotatable bonds is 5. The molecule has 1 nitrogen and oxygen atoms in total. The molecule has 0 unspecified atom stereocenters. The van der Waals surface area contributed by atoms with Crippen molar-refractivity contribution in [1.29, 1.82) is 0 Å². The summed E-state index contributed by atoms with van der Waals surface area (Å²) in [6, 6.07) is 4.54. The van der Waals surface area contributed by atoms with Gasteiger partial charge in [-0.05, 0) is 31.4 Å². The summed E-state index contributed by atoms with van der Waals surface area (Å²) in [4.78, 5) is 3.65. The van der Waals surface area contributed by atoms with Crippen LogP contribution < -0.4 is 0 Å². The number of aromatic nitrogens is 1. The lowest BCUT2D eigenvalue weighted by molar-refractivity contribution is 0.422. The van der Waals surface area contributed by atoms with Gasteiger partial charge in [-0.3, -0.25) is 0 Å². The summed E-state index contributed by atoms with van der Waals surface area (Å²) in [6.07, 6.45) is 3.55. The molecule has 1 heterocycles. The lowest BCUT2D eigenvalue weighted by Gasteiger charge is -2.27. The molecule has 1 aromatic heterocycles. The SMILES string of the molecule is CCC(C)(C)c1ccc(C(C)(CC)CC)[nH]1. The summed E-state index contributed by atoms with van der Waals surface area (Å²) in [6.45, 7) is 13.8. The van der Waals surface area contributed by atoms with E-state index in [9.17, 15) is 0 Å². The molecule has 1 rings (SSSR count). The maximum absolute atomic E-state index is 3.65. The minimum Gasteiger partial charge on any atom is -0.361 e. The second-order valence-corrected chi connectivity index (χ2v) is 5.79. The Morgan fingerprint density at radius 2 is 1.38 bits per heavy atom. The number of H-pyrrole nitrogens is 1. The minimum atomic E-state index is 0.265. The van der Waals surface area contributed by atoms with Gasteiger partial charge in [0.15, 0.2) is 0 Å². The monoisotopic (exact) mass is 221 g/mol. The van der Waals surface area contributed by atoms with Crippen LogP contribution in [0.25, 0.3) is 0 Å². The smallest absolute Gasteiger partial charge is 0.0209 e. The Balaban J connectivity index is 3.03. The highest BCUT2D eigenvalue weighted by Gasteiger charge is 2.26. The van der Waals surface area contributed by atoms with E-state index in [0.29, 0.717) is 5.41 Å². The van der Waals surface area contributed by atoms with Gasteiger partial charge in [-0.2, -0.15) is 0 Å². The molecule has 1 heteroatoms. The van der Waals surface area contributed by atoms with Gasteiger partial charge in [0.2, 0.25) is 0 Å². The Morgan fingerprint density at radius 3 is 1.81 bits per heavy atom. The minimum absolute atomic E-state index is 0.265. The summed E-state index contributed by atoms with van der Waals surface area (Å²) in [5.74, 6) is 0. The molecule has 0 aliphatic carbocycles. The summed E-state index contributed by atoms with van der Waals surface area (Å²) in [7, 11) is 0. The van der Waals surface area contributed by atoms with Crippen LogP contribution in [-0.2, 0) is 10.8 Å². The molecule has 92 valence electrons. The Morgan fingerprint density at radius 1 is 0.875 bits per heavy atom. The van der Waals surface area contributed by atoms with Crippen molar-refractivity contribution in [3.05, 3.63) is 23.5 Å². The van der Waals surface area contributed by atoms with E-state index in [0.717, 1.165) is 0 Å². The van der Waals surface area contributed by atoms with Gasteiger partial charge in [-0.15, -0.1) is 0 Å². The second-order valence-electron chi connectivity index (χ2n) is 5.79. The molecular formula is C15H27N. The topological polar surface area (TPSA) is 15.8 Å². The number of hydrogen-bond donors (Lipinski definition) is 1. The van der Waals surface area contributed by atoms with Crippen molar-refractivity contribution >= 4 is 0 Å². The summed E-state index contributed by atoms with van der Waals surface area (Å²) in [5, 5.41) is 0. The van der Waals surface area contributed by atoms with E-state index in [1.807, 2.05) is 0 Å². The molecule has 0 bridgehead atoms. The average Bonchev–Trinajstić information content (AvgIpc) is 2.78. The Hall–Kier alpha value is -0.720. The Labute approximate surface area is 101 Å². The molecule has 0 aliphatic rings. The Kier molecular flexibility index (Phi) is 3.88. The van der Waals surface area contributed by atoms with Gasteiger partial charge in [0.25, 0.3) is 0 Å². The fourth-order valence-corrected chi connectivity index (χ4v) is 1.96. The van der Waals surface area contributed by atoms with E-state index < -0.39 is 0 Å². The third-order valence-electron chi connectivity index (χ3n) is 4.51. The van der Waals surface area contributed by atoms with E-state index in [-0.39, 0.29) is 5.41 Å². The van der Waals surface area contributed by atoms with Gasteiger partial charge >= 0.3 is 0 Å². The molecule has 16 heavy (non-hydrogen) atoms. The number of aromatic amines is 1. The van der Waals surface area contributed by atoms with Crippen molar-refractivity contribution in [3.8, 4) is 0 Å². The van der Waals surface area contributed by atoms with Crippen molar-refractivity contribution in [2.75, 3.05) is 0 Å². The highest BCUT2D eigenvalue weighted by Crippen LogP contribution is 2.33. The molecule has 0 spiro atoms. The molecule has 0 radical (unpaired) electrons. The first-order valence-electron chi connectivity index (χ1n) is 6.59. The fraction of sp³-hybridized carbons (Fsp3) is 0.733. The van der Waals surface area contributed by atoms with Crippen molar-refractivity contribution in [3.63, 3.8) is 0 Å². The van der Waals surface area contributed by atoms with E-state index in [1.54, 1.807) is 0 Å². The van der Waals surface area contributed by atoms with Crippen LogP contribution in [-0.4, -0.2) is 4.98 Å². The number of nitrogens with one attached hydrogen (secondary N) is 1. The van der Waals surface area contributed by atoms with Crippen LogP contribution in [0.1, 0.15) is 72.2 Å². The molecule has 0 saturated carbocycles. The summed E-state index contributed by atoms with van der Waals surface area (Å²) in [5.41, 5.74) is 3.34. The third-order valence-corrected chi connectivity index (χ3v) is 4.51. The number of hydrogen-bond acceptors (Lipinski definition) is 0. The van der Waals surface area contributed by atoms with Crippen LogP contribution in [0, 0.1) is 0 Å². The van der Waals surface area contributed by atoms with Crippen LogP contribution in [0.5, 0.6) is 0 Å². The predicted octanol–water partition coefficient (Wildman–Crippen LogP) is 4.78. The van der Waals surface area contributed by atoms with Gasteiger partial charge < -0.3 is 4.98 Å². The largest absolute Gasteiger partial charge is 0.361 e. The van der Waals surface area contributed by atoms with Crippen LogP contribution >= 0.6 is 0 Å². The summed E-state index contributed by atoms with van der Waals surface area (Å²) < 4.78 is 0. The van der Waals surface area contributed by atoms with Crippen molar-refractivity contribution in [2.24, 2.45) is 0 Å². The van der Waals surface area contributed by atoms with E-state index in [4.69, 9.17) is 0 Å². The highest BCUT2D eigenvalue weighted by molar-refractivity contribution is 5.25. The second kappa shape index (κ2) is 4.65. The predicted molar refractivity (Wildman–Crippen MR) is 72.0 cm³/mol. The third kappa shape index (κ3) is 2.34. The van der Waals surface area contributed by atoms with E-state index in [2.05, 4.69) is 58.7 Å². The fourth-order valence-electron chi connectivity index (χ4n) is 1.96. The van der Waals surface area contributed by atoms with Crippen LogP contribution in [0.2, 0.25) is 0 Å². The first kappa shape index (κ1) is 13.3. The molecule has 1 N–H and O–H groups in total. The first-order valence-corrected chi connectivity index (χ1v) is 6.59. The average molecular weight is 221 g/mol. The quantitative estimate of drug-likeness (QED) is 0.736. The molecule has 0 saturated heterocycles. The van der Waals surface area contributed by atoms with Gasteiger partial charge in [-0.1, -0.05) is 41.5 Å². The normalized spacial score (nSPS) is 13.1.